The van der Waals surface area contributed by atoms with E-state index in [9.17, 15) is 18.0 Å². The first-order chi connectivity index (χ1) is 26.8. The molecule has 1 saturated heterocycles. The minimum absolute atomic E-state index is 0.0601. The number of pyridine rings is 1. The number of aromatic nitrogens is 4. The Morgan fingerprint density at radius 2 is 1.55 bits per heavy atom. The molecule has 14 heteroatoms. The fraction of sp³-hybridized carbons (Fsp3) is 0.195. The standard InChI is InChI=1S/C41H39N7O5S2/c1-2-29-11-17-33(18-12-29)48-39(30-21-23-42-24-22-30)45-46-41(48)54-28-38(49)43-32-15-13-31(14-16-32)40(50)44-36-27-35(55(51,52)47-25-7-4-8-26-47)19-20-37(36)53-34-9-5-3-6-10-34/h3,5-6,9-24,27H,2,4,7-8,25-26,28H2,1H3,(H,43,49)(H,44,50). The number of hydrogen-bond donors (Lipinski definition) is 2. The van der Waals surface area contributed by atoms with Gasteiger partial charge in [0.15, 0.2) is 16.7 Å². The third-order valence-electron chi connectivity index (χ3n) is 9.06. The van der Waals surface area contributed by atoms with Crippen LogP contribution < -0.4 is 15.4 Å². The van der Waals surface area contributed by atoms with Gasteiger partial charge in [-0.1, -0.05) is 55.4 Å². The molecule has 1 fully saturated rings. The van der Waals surface area contributed by atoms with Crippen LogP contribution in [0.2, 0.25) is 0 Å². The highest BCUT2D eigenvalue weighted by molar-refractivity contribution is 7.99. The van der Waals surface area contributed by atoms with Crippen molar-refractivity contribution in [2.24, 2.45) is 0 Å². The van der Waals surface area contributed by atoms with Gasteiger partial charge in [-0.15, -0.1) is 10.2 Å². The molecule has 12 nitrogen and oxygen atoms in total. The highest BCUT2D eigenvalue weighted by Gasteiger charge is 2.27. The zero-order valence-corrected chi connectivity index (χ0v) is 31.7. The Hall–Kier alpha value is -5.83. The highest BCUT2D eigenvalue weighted by Crippen LogP contribution is 2.34. The number of anilines is 2. The van der Waals surface area contributed by atoms with Crippen LogP contribution in [0.3, 0.4) is 0 Å². The highest BCUT2D eigenvalue weighted by atomic mass is 32.2. The average Bonchev–Trinajstić information content (AvgIpc) is 3.66. The van der Waals surface area contributed by atoms with Crippen LogP contribution in [0.15, 0.2) is 132 Å². The number of aryl methyl sites for hydroxylation is 1. The summed E-state index contributed by atoms with van der Waals surface area (Å²) < 4.78 is 36.5. The van der Waals surface area contributed by atoms with Crippen LogP contribution in [0.25, 0.3) is 17.1 Å². The molecule has 1 aliphatic rings. The minimum Gasteiger partial charge on any atom is -0.455 e. The Kier molecular flexibility index (Phi) is 11.7. The van der Waals surface area contributed by atoms with E-state index in [1.54, 1.807) is 54.9 Å². The topological polar surface area (TPSA) is 148 Å². The molecule has 0 bridgehead atoms. The molecular formula is C41H39N7O5S2. The Bertz CT molecular complexity index is 2370. The van der Waals surface area contributed by atoms with Crippen LogP contribution in [0, 0.1) is 0 Å². The van der Waals surface area contributed by atoms with E-state index in [0.29, 0.717) is 46.8 Å². The van der Waals surface area contributed by atoms with Gasteiger partial charge in [-0.05, 0) is 104 Å². The van der Waals surface area contributed by atoms with E-state index in [-0.39, 0.29) is 22.2 Å². The van der Waals surface area contributed by atoms with E-state index in [0.717, 1.165) is 36.9 Å². The second kappa shape index (κ2) is 17.1. The molecule has 0 atom stereocenters. The lowest BCUT2D eigenvalue weighted by Crippen LogP contribution is -2.35. The van der Waals surface area contributed by atoms with E-state index in [1.165, 1.54) is 33.8 Å². The number of sulfonamides is 1. The number of para-hydroxylation sites is 1. The molecule has 280 valence electrons. The maximum absolute atomic E-state index is 13.5. The molecular weight excluding hydrogens is 735 g/mol. The van der Waals surface area contributed by atoms with Crippen LogP contribution >= 0.6 is 11.8 Å². The minimum atomic E-state index is -3.77. The van der Waals surface area contributed by atoms with Gasteiger partial charge in [-0.2, -0.15) is 4.31 Å². The van der Waals surface area contributed by atoms with Crippen molar-refractivity contribution in [2.75, 3.05) is 29.5 Å². The van der Waals surface area contributed by atoms with Crippen molar-refractivity contribution in [3.63, 3.8) is 0 Å². The lowest BCUT2D eigenvalue weighted by molar-refractivity contribution is -0.113. The molecule has 0 spiro atoms. The molecule has 0 saturated carbocycles. The average molecular weight is 774 g/mol. The van der Waals surface area contributed by atoms with Crippen LogP contribution in [0.1, 0.15) is 42.1 Å². The summed E-state index contributed by atoms with van der Waals surface area (Å²) in [7, 11) is -3.77. The van der Waals surface area contributed by atoms with Gasteiger partial charge >= 0.3 is 0 Å². The molecule has 1 aliphatic heterocycles. The first-order valence-corrected chi connectivity index (χ1v) is 20.4. The van der Waals surface area contributed by atoms with Crippen LogP contribution in [0.4, 0.5) is 11.4 Å². The van der Waals surface area contributed by atoms with Crippen LogP contribution in [-0.2, 0) is 21.2 Å². The number of piperidine rings is 1. The van der Waals surface area contributed by atoms with Gasteiger partial charge in [-0.25, -0.2) is 8.42 Å². The van der Waals surface area contributed by atoms with Crippen molar-refractivity contribution in [1.82, 2.24) is 24.1 Å². The van der Waals surface area contributed by atoms with Crippen molar-refractivity contribution >= 4 is 45.0 Å². The van der Waals surface area contributed by atoms with Crippen molar-refractivity contribution in [3.8, 4) is 28.6 Å². The smallest absolute Gasteiger partial charge is 0.255 e. The number of thioether (sulfide) groups is 1. The Morgan fingerprint density at radius 1 is 0.818 bits per heavy atom. The quantitative estimate of drug-likeness (QED) is 0.112. The second-order valence-corrected chi connectivity index (χ2v) is 15.7. The summed E-state index contributed by atoms with van der Waals surface area (Å²) in [6.07, 6.45) is 6.91. The summed E-state index contributed by atoms with van der Waals surface area (Å²) in [5.41, 5.74) is 3.93. The molecule has 0 aliphatic carbocycles. The van der Waals surface area contributed by atoms with Gasteiger partial charge in [0.25, 0.3) is 5.91 Å². The number of carbonyl (C=O) groups excluding carboxylic acids is 2. The normalized spacial score (nSPS) is 13.3. The lowest BCUT2D eigenvalue weighted by atomic mass is 10.1. The summed E-state index contributed by atoms with van der Waals surface area (Å²) in [5.74, 6) is 0.777. The third-order valence-corrected chi connectivity index (χ3v) is 11.9. The molecule has 55 heavy (non-hydrogen) atoms. The van der Waals surface area contributed by atoms with Crippen LogP contribution in [0.5, 0.6) is 11.5 Å². The number of amides is 2. The van der Waals surface area contributed by atoms with Crippen molar-refractivity contribution in [2.45, 2.75) is 42.7 Å². The number of carbonyl (C=O) groups is 2. The van der Waals surface area contributed by atoms with E-state index in [4.69, 9.17) is 4.74 Å². The summed E-state index contributed by atoms with van der Waals surface area (Å²) >= 11 is 1.26. The molecule has 7 rings (SSSR count). The van der Waals surface area contributed by atoms with Gasteiger partial charge in [0, 0.05) is 48.0 Å². The zero-order valence-electron chi connectivity index (χ0n) is 30.1. The van der Waals surface area contributed by atoms with Crippen molar-refractivity contribution in [1.29, 1.82) is 0 Å². The fourth-order valence-corrected chi connectivity index (χ4v) is 8.41. The van der Waals surface area contributed by atoms with Gasteiger partial charge in [0.1, 0.15) is 5.75 Å². The first kappa shape index (κ1) is 37.5. The number of nitrogens with zero attached hydrogens (tertiary/aromatic N) is 5. The van der Waals surface area contributed by atoms with E-state index >= 15 is 0 Å². The first-order valence-electron chi connectivity index (χ1n) is 17.9. The van der Waals surface area contributed by atoms with Crippen LogP contribution in [-0.4, -0.2) is 63.1 Å². The number of ether oxygens (including phenoxy) is 1. The zero-order chi connectivity index (χ0) is 38.2. The maximum atomic E-state index is 13.5. The number of benzene rings is 4. The van der Waals surface area contributed by atoms with Crippen molar-refractivity contribution < 1.29 is 22.7 Å². The molecule has 0 radical (unpaired) electrons. The largest absolute Gasteiger partial charge is 0.455 e. The summed E-state index contributed by atoms with van der Waals surface area (Å²) in [6.45, 7) is 3.01. The third kappa shape index (κ3) is 8.94. The van der Waals surface area contributed by atoms with Crippen molar-refractivity contribution in [3.05, 3.63) is 133 Å². The molecule has 3 heterocycles. The molecule has 2 amide bonds. The Morgan fingerprint density at radius 3 is 2.25 bits per heavy atom. The van der Waals surface area contributed by atoms with Gasteiger partial charge in [0.05, 0.1) is 16.3 Å². The van der Waals surface area contributed by atoms with E-state index in [1.807, 2.05) is 47.0 Å². The molecule has 4 aromatic carbocycles. The predicted octanol–water partition coefficient (Wildman–Crippen LogP) is 7.84. The van der Waals surface area contributed by atoms with E-state index in [2.05, 4.69) is 44.9 Å². The monoisotopic (exact) mass is 773 g/mol. The van der Waals surface area contributed by atoms with Gasteiger partial charge in [-0.3, -0.25) is 19.1 Å². The SMILES string of the molecule is CCc1ccc(-n2c(SCC(=O)Nc3ccc(C(=O)Nc4cc(S(=O)(=O)N5CCCCC5)ccc4Oc4ccccc4)cc3)nnc2-c2ccncc2)cc1. The summed E-state index contributed by atoms with van der Waals surface area (Å²) in [5, 5.41) is 15.1. The number of hydrogen-bond acceptors (Lipinski definition) is 9. The molecule has 6 aromatic rings. The van der Waals surface area contributed by atoms with E-state index < -0.39 is 15.9 Å². The summed E-state index contributed by atoms with van der Waals surface area (Å²) in [6, 6.07) is 31.8. The number of nitrogens with one attached hydrogen (secondary N) is 2. The summed E-state index contributed by atoms with van der Waals surface area (Å²) in [4.78, 5) is 30.8. The van der Waals surface area contributed by atoms with Gasteiger partial charge < -0.3 is 15.4 Å². The maximum Gasteiger partial charge on any atom is 0.255 e. The molecule has 2 aromatic heterocycles. The molecule has 2 N–H and O–H groups in total. The second-order valence-electron chi connectivity index (χ2n) is 12.8. The Labute approximate surface area is 324 Å². The fourth-order valence-electron chi connectivity index (χ4n) is 6.12. The number of rotatable bonds is 13. The molecule has 0 unspecified atom stereocenters. The Balaban J connectivity index is 1.04. The lowest BCUT2D eigenvalue weighted by Gasteiger charge is -2.26. The van der Waals surface area contributed by atoms with Gasteiger partial charge in [0.2, 0.25) is 15.9 Å². The predicted molar refractivity (Wildman–Crippen MR) is 213 cm³/mol.